The van der Waals surface area contributed by atoms with Gasteiger partial charge >= 0.3 is 0 Å². The fourth-order valence-corrected chi connectivity index (χ4v) is 4.59. The fraction of sp³-hybridized carbons (Fsp3) is 0.381. The van der Waals surface area contributed by atoms with Gasteiger partial charge in [0.1, 0.15) is 0 Å². The third-order valence-electron chi connectivity index (χ3n) is 5.40. The predicted molar refractivity (Wildman–Crippen MR) is 114 cm³/mol. The highest BCUT2D eigenvalue weighted by Crippen LogP contribution is 2.41. The van der Waals surface area contributed by atoms with Crippen molar-refractivity contribution >= 4 is 33.2 Å². The molecule has 0 unspecified atom stereocenters. The van der Waals surface area contributed by atoms with E-state index in [1.807, 2.05) is 24.3 Å². The number of rotatable bonds is 6. The first-order valence-electron chi connectivity index (χ1n) is 9.31. The molecule has 1 aliphatic carbocycles. The number of aryl methyl sites for hydroxylation is 1. The lowest BCUT2D eigenvalue weighted by Gasteiger charge is -2.30. The summed E-state index contributed by atoms with van der Waals surface area (Å²) in [7, 11) is -3.41. The summed E-state index contributed by atoms with van der Waals surface area (Å²) in [6, 6.07) is 12.9. The van der Waals surface area contributed by atoms with E-state index in [4.69, 9.17) is 11.6 Å². The van der Waals surface area contributed by atoms with Gasteiger partial charge in [-0.1, -0.05) is 42.6 Å². The van der Waals surface area contributed by atoms with Crippen LogP contribution in [0, 0.1) is 6.92 Å². The Bertz CT molecular complexity index is 966. The topological polar surface area (TPSA) is 75.3 Å². The molecule has 5 nitrogen and oxygen atoms in total. The van der Waals surface area contributed by atoms with Crippen LogP contribution in [0.1, 0.15) is 47.2 Å². The molecule has 0 bridgehead atoms. The van der Waals surface area contributed by atoms with E-state index in [9.17, 15) is 13.2 Å². The Balaban J connectivity index is 1.77. The number of benzene rings is 2. The van der Waals surface area contributed by atoms with Crippen LogP contribution in [-0.4, -0.2) is 27.1 Å². The highest BCUT2D eigenvalue weighted by atomic mass is 35.5. The molecule has 3 rings (SSSR count). The molecule has 1 saturated carbocycles. The third-order valence-corrected chi connectivity index (χ3v) is 6.24. The van der Waals surface area contributed by atoms with Crippen molar-refractivity contribution in [3.05, 3.63) is 64.2 Å². The fourth-order valence-electron chi connectivity index (χ4n) is 3.85. The highest BCUT2D eigenvalue weighted by molar-refractivity contribution is 7.92. The monoisotopic (exact) mass is 420 g/mol. The van der Waals surface area contributed by atoms with Gasteiger partial charge < -0.3 is 5.32 Å². The zero-order valence-corrected chi connectivity index (χ0v) is 17.7. The van der Waals surface area contributed by atoms with Gasteiger partial charge in [0.2, 0.25) is 10.0 Å². The molecule has 1 fully saturated rings. The summed E-state index contributed by atoms with van der Waals surface area (Å²) in [6.45, 7) is 2.33. The van der Waals surface area contributed by atoms with E-state index in [0.29, 0.717) is 22.8 Å². The van der Waals surface area contributed by atoms with Crippen LogP contribution in [0.4, 0.5) is 5.69 Å². The normalized spacial score (nSPS) is 16.0. The number of sulfonamides is 1. The molecule has 0 spiro atoms. The number of amides is 1. The Morgan fingerprint density at radius 3 is 2.36 bits per heavy atom. The van der Waals surface area contributed by atoms with Crippen LogP contribution in [0.25, 0.3) is 0 Å². The first-order valence-corrected chi connectivity index (χ1v) is 11.6. The van der Waals surface area contributed by atoms with Gasteiger partial charge in [-0.3, -0.25) is 9.52 Å². The highest BCUT2D eigenvalue weighted by Gasteiger charge is 2.36. The smallest absolute Gasteiger partial charge is 0.251 e. The van der Waals surface area contributed by atoms with Crippen molar-refractivity contribution in [3.8, 4) is 0 Å². The molecule has 0 aromatic heterocycles. The number of carbonyl (C=O) groups is 1. The predicted octanol–water partition coefficient (Wildman–Crippen LogP) is 4.26. The number of halogens is 1. The second-order valence-corrected chi connectivity index (χ2v) is 9.77. The molecular weight excluding hydrogens is 396 g/mol. The number of nitrogens with one attached hydrogen (secondary N) is 2. The maximum Gasteiger partial charge on any atom is 0.251 e. The number of anilines is 1. The summed E-state index contributed by atoms with van der Waals surface area (Å²) >= 11 is 6.03. The van der Waals surface area contributed by atoms with Gasteiger partial charge in [-0.2, -0.15) is 0 Å². The lowest BCUT2D eigenvalue weighted by molar-refractivity contribution is 0.0943. The van der Waals surface area contributed by atoms with Gasteiger partial charge in [-0.15, -0.1) is 0 Å². The quantitative estimate of drug-likeness (QED) is 0.733. The Morgan fingerprint density at radius 2 is 1.75 bits per heavy atom. The van der Waals surface area contributed by atoms with E-state index >= 15 is 0 Å². The van der Waals surface area contributed by atoms with Crippen molar-refractivity contribution in [3.63, 3.8) is 0 Å². The minimum absolute atomic E-state index is 0.0845. The van der Waals surface area contributed by atoms with Crippen LogP contribution in [0.3, 0.4) is 0 Å². The second-order valence-electron chi connectivity index (χ2n) is 7.58. The SMILES string of the molecule is Cc1ccc(C(=O)NCC2(c3ccc(Cl)cc3)CCCC2)cc1NS(C)(=O)=O. The molecule has 0 aliphatic heterocycles. The molecule has 1 aliphatic rings. The minimum atomic E-state index is -3.41. The van der Waals surface area contributed by atoms with Crippen LogP contribution in [0.15, 0.2) is 42.5 Å². The van der Waals surface area contributed by atoms with Crippen LogP contribution in [0.5, 0.6) is 0 Å². The van der Waals surface area contributed by atoms with Gasteiger partial charge in [0.25, 0.3) is 5.91 Å². The van der Waals surface area contributed by atoms with Gasteiger partial charge in [-0.25, -0.2) is 8.42 Å². The summed E-state index contributed by atoms with van der Waals surface area (Å²) in [5.41, 5.74) is 2.72. The van der Waals surface area contributed by atoms with E-state index < -0.39 is 10.0 Å². The Morgan fingerprint density at radius 1 is 1.11 bits per heavy atom. The maximum absolute atomic E-state index is 12.7. The molecule has 150 valence electrons. The van der Waals surface area contributed by atoms with E-state index in [1.165, 1.54) is 5.56 Å². The number of carbonyl (C=O) groups excluding carboxylic acids is 1. The third kappa shape index (κ3) is 4.86. The van der Waals surface area contributed by atoms with Crippen molar-refractivity contribution in [2.45, 2.75) is 38.0 Å². The number of hydrogen-bond donors (Lipinski definition) is 2. The van der Waals surface area contributed by atoms with Gasteiger partial charge in [-0.05, 0) is 55.2 Å². The van der Waals surface area contributed by atoms with Crippen molar-refractivity contribution < 1.29 is 13.2 Å². The van der Waals surface area contributed by atoms with Crippen LogP contribution >= 0.6 is 11.6 Å². The first-order chi connectivity index (χ1) is 13.2. The summed E-state index contributed by atoms with van der Waals surface area (Å²) in [6.07, 6.45) is 5.39. The second kappa shape index (κ2) is 8.13. The van der Waals surface area contributed by atoms with Gasteiger partial charge in [0.05, 0.1) is 11.9 Å². The van der Waals surface area contributed by atoms with E-state index in [1.54, 1.807) is 25.1 Å². The van der Waals surface area contributed by atoms with Crippen molar-refractivity contribution in [2.24, 2.45) is 0 Å². The molecule has 2 N–H and O–H groups in total. The lowest BCUT2D eigenvalue weighted by atomic mass is 9.79. The van der Waals surface area contributed by atoms with E-state index in [0.717, 1.165) is 37.5 Å². The zero-order valence-electron chi connectivity index (χ0n) is 16.1. The minimum Gasteiger partial charge on any atom is -0.351 e. The average molecular weight is 421 g/mol. The number of hydrogen-bond acceptors (Lipinski definition) is 3. The molecule has 0 saturated heterocycles. The molecule has 0 heterocycles. The van der Waals surface area contributed by atoms with Gasteiger partial charge in [0, 0.05) is 22.5 Å². The molecule has 28 heavy (non-hydrogen) atoms. The van der Waals surface area contributed by atoms with Crippen LogP contribution in [-0.2, 0) is 15.4 Å². The summed E-state index contributed by atoms with van der Waals surface area (Å²) in [5, 5.41) is 3.76. The Kier molecular flexibility index (Phi) is 6.01. The first kappa shape index (κ1) is 20.7. The lowest BCUT2D eigenvalue weighted by Crippen LogP contribution is -2.39. The summed E-state index contributed by atoms with van der Waals surface area (Å²) in [4.78, 5) is 12.7. The average Bonchev–Trinajstić information content (AvgIpc) is 3.11. The van der Waals surface area contributed by atoms with E-state index in [2.05, 4.69) is 10.0 Å². The molecule has 2 aromatic carbocycles. The largest absolute Gasteiger partial charge is 0.351 e. The Hall–Kier alpha value is -2.05. The molecule has 2 aromatic rings. The molecule has 7 heteroatoms. The van der Waals surface area contributed by atoms with Crippen LogP contribution in [0.2, 0.25) is 5.02 Å². The zero-order chi connectivity index (χ0) is 20.4. The van der Waals surface area contributed by atoms with Crippen LogP contribution < -0.4 is 10.0 Å². The Labute approximate surface area is 171 Å². The van der Waals surface area contributed by atoms with Crippen molar-refractivity contribution in [2.75, 3.05) is 17.5 Å². The molecule has 1 amide bonds. The molecule has 0 atom stereocenters. The molecule has 0 radical (unpaired) electrons. The standard InChI is InChI=1S/C21H25ClN2O3S/c1-15-5-6-16(13-19(15)24-28(2,26)27)20(25)23-14-21(11-3-4-12-21)17-7-9-18(22)10-8-17/h5-10,13,24H,3-4,11-12,14H2,1-2H3,(H,23,25). The van der Waals surface area contributed by atoms with Crippen molar-refractivity contribution in [1.29, 1.82) is 0 Å². The van der Waals surface area contributed by atoms with Gasteiger partial charge in [0.15, 0.2) is 0 Å². The van der Waals surface area contributed by atoms with E-state index in [-0.39, 0.29) is 11.3 Å². The summed E-state index contributed by atoms with van der Waals surface area (Å²) < 4.78 is 25.5. The van der Waals surface area contributed by atoms with Crippen molar-refractivity contribution in [1.82, 2.24) is 5.32 Å². The molecular formula is C21H25ClN2O3S. The maximum atomic E-state index is 12.7. The summed E-state index contributed by atoms with van der Waals surface area (Å²) in [5.74, 6) is -0.211.